The molecule has 0 bridgehead atoms. The first-order valence-electron chi connectivity index (χ1n) is 8.23. The van der Waals surface area contributed by atoms with E-state index in [0.29, 0.717) is 11.4 Å². The number of carbonyl (C=O) groups excluding carboxylic acids is 2. The number of nitrogens with zero attached hydrogens (tertiary/aromatic N) is 1. The first-order chi connectivity index (χ1) is 12.6. The Morgan fingerprint density at radius 2 is 1.92 bits per heavy atom. The Morgan fingerprint density at radius 1 is 1.19 bits per heavy atom. The second-order valence-electron chi connectivity index (χ2n) is 5.74. The number of methoxy groups -OCH3 is 1. The van der Waals surface area contributed by atoms with Gasteiger partial charge in [-0.2, -0.15) is 0 Å². The predicted octanol–water partition coefficient (Wildman–Crippen LogP) is 2.25. The minimum absolute atomic E-state index is 0.155. The Labute approximate surface area is 152 Å². The number of rotatable bonds is 4. The number of hydrogen-bond acceptors (Lipinski definition) is 4. The number of para-hydroxylation sites is 2. The molecule has 0 spiro atoms. The third kappa shape index (κ3) is 3.69. The van der Waals surface area contributed by atoms with Crippen molar-refractivity contribution in [2.45, 2.75) is 6.10 Å². The number of amides is 2. The summed E-state index contributed by atoms with van der Waals surface area (Å²) < 4.78 is 10.8. The molecule has 26 heavy (non-hydrogen) atoms. The van der Waals surface area contributed by atoms with E-state index in [1.807, 2.05) is 30.3 Å². The van der Waals surface area contributed by atoms with Crippen LogP contribution in [-0.2, 0) is 9.59 Å². The molecule has 0 unspecified atom stereocenters. The normalized spacial score (nSPS) is 15.9. The molecular weight excluding hydrogens is 332 g/mol. The summed E-state index contributed by atoms with van der Waals surface area (Å²) in [5.74, 6) is 0.782. The molecule has 2 aromatic rings. The topological polar surface area (TPSA) is 67.9 Å². The number of hydrogen-bond donors (Lipinski definition) is 1. The molecule has 1 heterocycles. The van der Waals surface area contributed by atoms with Crippen LogP contribution in [0.1, 0.15) is 5.56 Å². The summed E-state index contributed by atoms with van der Waals surface area (Å²) in [6.07, 6.45) is 2.48. The number of fused-ring (bicyclic) bond motifs is 1. The Morgan fingerprint density at radius 3 is 2.62 bits per heavy atom. The molecule has 0 radical (unpaired) electrons. The molecule has 6 heteroatoms. The number of benzene rings is 2. The van der Waals surface area contributed by atoms with Crippen LogP contribution in [0.2, 0.25) is 0 Å². The second-order valence-corrected chi connectivity index (χ2v) is 5.74. The van der Waals surface area contributed by atoms with Crippen molar-refractivity contribution in [1.29, 1.82) is 0 Å². The summed E-state index contributed by atoms with van der Waals surface area (Å²) in [5, 5.41) is 2.56. The van der Waals surface area contributed by atoms with Gasteiger partial charge in [0, 0.05) is 13.1 Å². The highest BCUT2D eigenvalue weighted by molar-refractivity contribution is 6.05. The summed E-state index contributed by atoms with van der Waals surface area (Å²) in [6.45, 7) is 0.155. The van der Waals surface area contributed by atoms with Gasteiger partial charge in [-0.1, -0.05) is 24.3 Å². The molecule has 0 aliphatic carbocycles. The van der Waals surface area contributed by atoms with E-state index >= 15 is 0 Å². The van der Waals surface area contributed by atoms with Gasteiger partial charge in [0.2, 0.25) is 0 Å². The summed E-state index contributed by atoms with van der Waals surface area (Å²) in [5.41, 5.74) is 1.53. The molecule has 0 fully saturated rings. The minimum atomic E-state index is -0.742. The van der Waals surface area contributed by atoms with Crippen molar-refractivity contribution in [3.8, 4) is 11.5 Å². The minimum Gasteiger partial charge on any atom is -0.497 e. The van der Waals surface area contributed by atoms with Crippen molar-refractivity contribution in [2.24, 2.45) is 0 Å². The number of carbonyl (C=O) groups is 2. The smallest absolute Gasteiger partial charge is 0.262 e. The molecule has 0 saturated carbocycles. The monoisotopic (exact) mass is 352 g/mol. The van der Waals surface area contributed by atoms with Gasteiger partial charge in [-0.05, 0) is 35.9 Å². The van der Waals surface area contributed by atoms with Crippen molar-refractivity contribution >= 4 is 23.6 Å². The van der Waals surface area contributed by atoms with E-state index in [2.05, 4.69) is 5.32 Å². The standard InChI is InChI=1S/C20H20N2O4/c1-21-20(24)18-13-22(16-5-3-4-6-17(16)26-18)19(23)12-9-14-7-10-15(25-2)11-8-14/h3-12,18H,13H2,1-2H3,(H,21,24)/b12-9+/t18-/m1/s1. The molecular formula is C20H20N2O4. The number of nitrogens with one attached hydrogen (secondary N) is 1. The molecule has 2 aromatic carbocycles. The lowest BCUT2D eigenvalue weighted by molar-refractivity contribution is -0.127. The van der Waals surface area contributed by atoms with Crippen LogP contribution in [0.25, 0.3) is 6.08 Å². The molecule has 6 nitrogen and oxygen atoms in total. The zero-order valence-corrected chi connectivity index (χ0v) is 14.6. The average molecular weight is 352 g/mol. The number of ether oxygens (including phenoxy) is 2. The molecule has 134 valence electrons. The van der Waals surface area contributed by atoms with Crippen LogP contribution in [0, 0.1) is 0 Å². The maximum Gasteiger partial charge on any atom is 0.262 e. The van der Waals surface area contributed by atoms with Crippen molar-refractivity contribution < 1.29 is 19.1 Å². The van der Waals surface area contributed by atoms with Crippen LogP contribution in [0.5, 0.6) is 11.5 Å². The Bertz CT molecular complexity index is 830. The van der Waals surface area contributed by atoms with Crippen LogP contribution >= 0.6 is 0 Å². The van der Waals surface area contributed by atoms with Gasteiger partial charge in [0.05, 0.1) is 19.3 Å². The second kappa shape index (κ2) is 7.74. The van der Waals surface area contributed by atoms with Crippen LogP contribution in [0.3, 0.4) is 0 Å². The highest BCUT2D eigenvalue weighted by atomic mass is 16.5. The molecule has 1 N–H and O–H groups in total. The van der Waals surface area contributed by atoms with E-state index < -0.39 is 6.10 Å². The fourth-order valence-electron chi connectivity index (χ4n) is 2.71. The van der Waals surface area contributed by atoms with E-state index in [1.54, 1.807) is 43.3 Å². The molecule has 0 saturated heterocycles. The Balaban J connectivity index is 1.82. The van der Waals surface area contributed by atoms with Crippen molar-refractivity contribution in [3.63, 3.8) is 0 Å². The van der Waals surface area contributed by atoms with Crippen LogP contribution < -0.4 is 19.7 Å². The first kappa shape index (κ1) is 17.5. The van der Waals surface area contributed by atoms with Gasteiger partial charge in [0.25, 0.3) is 11.8 Å². The molecule has 0 aromatic heterocycles. The fourth-order valence-corrected chi connectivity index (χ4v) is 2.71. The van der Waals surface area contributed by atoms with Crippen LogP contribution in [0.4, 0.5) is 5.69 Å². The average Bonchev–Trinajstić information content (AvgIpc) is 2.70. The molecule has 1 aliphatic rings. The molecule has 3 rings (SSSR count). The molecule has 1 aliphatic heterocycles. The maximum absolute atomic E-state index is 12.7. The SMILES string of the molecule is CNC(=O)[C@H]1CN(C(=O)/C=C/c2ccc(OC)cc2)c2ccccc2O1. The van der Waals surface area contributed by atoms with Crippen molar-refractivity contribution in [2.75, 3.05) is 25.6 Å². The van der Waals surface area contributed by atoms with Crippen molar-refractivity contribution in [1.82, 2.24) is 5.32 Å². The third-order valence-electron chi connectivity index (χ3n) is 4.11. The van der Waals surface area contributed by atoms with E-state index in [1.165, 1.54) is 6.08 Å². The quantitative estimate of drug-likeness (QED) is 0.857. The fraction of sp³-hybridized carbons (Fsp3) is 0.200. The van der Waals surface area contributed by atoms with E-state index in [9.17, 15) is 9.59 Å². The molecule has 2 amide bonds. The lowest BCUT2D eigenvalue weighted by Gasteiger charge is -2.33. The summed E-state index contributed by atoms with van der Waals surface area (Å²) >= 11 is 0. The lowest BCUT2D eigenvalue weighted by atomic mass is 10.1. The number of anilines is 1. The van der Waals surface area contributed by atoms with Gasteiger partial charge in [-0.3, -0.25) is 9.59 Å². The zero-order chi connectivity index (χ0) is 18.5. The Hall–Kier alpha value is -3.28. The summed E-state index contributed by atoms with van der Waals surface area (Å²) in [6, 6.07) is 14.6. The lowest BCUT2D eigenvalue weighted by Crippen LogP contribution is -2.49. The Kier molecular flexibility index (Phi) is 5.22. The summed E-state index contributed by atoms with van der Waals surface area (Å²) in [4.78, 5) is 26.3. The molecule has 1 atom stereocenters. The third-order valence-corrected chi connectivity index (χ3v) is 4.11. The largest absolute Gasteiger partial charge is 0.497 e. The summed E-state index contributed by atoms with van der Waals surface area (Å²) in [7, 11) is 3.15. The van der Waals surface area contributed by atoms with E-state index in [-0.39, 0.29) is 18.4 Å². The van der Waals surface area contributed by atoms with Gasteiger partial charge >= 0.3 is 0 Å². The first-order valence-corrected chi connectivity index (χ1v) is 8.23. The van der Waals surface area contributed by atoms with E-state index in [0.717, 1.165) is 11.3 Å². The number of likely N-dealkylation sites (N-methyl/N-ethyl adjacent to an activating group) is 1. The highest BCUT2D eigenvalue weighted by Gasteiger charge is 2.32. The zero-order valence-electron chi connectivity index (χ0n) is 14.6. The highest BCUT2D eigenvalue weighted by Crippen LogP contribution is 2.33. The van der Waals surface area contributed by atoms with Gasteiger partial charge < -0.3 is 19.7 Å². The van der Waals surface area contributed by atoms with Gasteiger partial charge in [0.1, 0.15) is 11.5 Å². The van der Waals surface area contributed by atoms with Crippen LogP contribution in [0.15, 0.2) is 54.6 Å². The van der Waals surface area contributed by atoms with Crippen LogP contribution in [-0.4, -0.2) is 38.6 Å². The predicted molar refractivity (Wildman–Crippen MR) is 99.3 cm³/mol. The van der Waals surface area contributed by atoms with Gasteiger partial charge in [-0.25, -0.2) is 0 Å². The van der Waals surface area contributed by atoms with E-state index in [4.69, 9.17) is 9.47 Å². The maximum atomic E-state index is 12.7. The van der Waals surface area contributed by atoms with Gasteiger partial charge in [0.15, 0.2) is 6.10 Å². The van der Waals surface area contributed by atoms with Crippen molar-refractivity contribution in [3.05, 3.63) is 60.2 Å². The van der Waals surface area contributed by atoms with Gasteiger partial charge in [-0.15, -0.1) is 0 Å².